The number of hydrogen-bond acceptors (Lipinski definition) is 0. The topological polar surface area (TPSA) is 0 Å². The molecule has 0 spiro atoms. The largest absolute Gasteiger partial charge is 1.00 e. The molecular weight excluding hydrogens is 614 g/mol. The smallest absolute Gasteiger partial charge is 1.00 e. The van der Waals surface area contributed by atoms with Crippen LogP contribution in [0, 0.1) is 0 Å². The van der Waals surface area contributed by atoms with E-state index in [1.54, 1.807) is 44.5 Å². The third kappa shape index (κ3) is 4.72. The van der Waals surface area contributed by atoms with E-state index in [0.717, 1.165) is 7.35 Å². The maximum absolute atomic E-state index is 2.63. The zero-order valence-corrected chi connectivity index (χ0v) is 26.8. The number of rotatable bonds is 4. The van der Waals surface area contributed by atoms with Crippen LogP contribution in [0.25, 0.3) is 12.2 Å². The summed E-state index contributed by atoms with van der Waals surface area (Å²) in [7, 11) is 0. The molecule has 0 fully saturated rings. The van der Waals surface area contributed by atoms with E-state index >= 15 is 0 Å². The fourth-order valence-corrected chi connectivity index (χ4v) is 35.1. The third-order valence-corrected chi connectivity index (χ3v) is 35.4. The molecule has 0 aromatic heterocycles. The zero-order chi connectivity index (χ0) is 21.7. The minimum atomic E-state index is -2.11. The standard InChI is InChI=1S/2C13H15.C2H6Si.2ClH.Hf/c2*1-9(2)12-6-4-5-11-7-10(3)8-13(11)12;1-3-2;;;/h2*4-9H,1-3H3;1-2H3;2*1H;/q;;;;;+2/p-2. The summed E-state index contributed by atoms with van der Waals surface area (Å²) in [6.45, 7) is 19.5. The molecule has 0 nitrogen and oxygen atoms in total. The fourth-order valence-electron chi connectivity index (χ4n) is 5.73. The van der Waals surface area contributed by atoms with Crippen molar-refractivity contribution in [3.63, 3.8) is 0 Å². The van der Waals surface area contributed by atoms with Gasteiger partial charge in [-0.3, -0.25) is 0 Å². The molecule has 0 heterocycles. The Morgan fingerprint density at radius 1 is 0.688 bits per heavy atom. The van der Waals surface area contributed by atoms with Gasteiger partial charge in [-0.15, -0.1) is 0 Å². The fraction of sp³-hybridized carbons (Fsp3) is 0.429. The summed E-state index contributed by atoms with van der Waals surface area (Å²) in [4.78, 5) is 0. The Kier molecular flexibility index (Phi) is 9.47. The van der Waals surface area contributed by atoms with Crippen molar-refractivity contribution in [1.82, 2.24) is 0 Å². The second-order valence-corrected chi connectivity index (χ2v) is 35.0. The quantitative estimate of drug-likeness (QED) is 0.447. The van der Waals surface area contributed by atoms with Crippen molar-refractivity contribution >= 4 is 17.6 Å². The first-order chi connectivity index (χ1) is 14.2. The molecule has 0 radical (unpaired) electrons. The maximum atomic E-state index is 2.63. The van der Waals surface area contributed by atoms with Crippen LogP contribution in [0.3, 0.4) is 0 Å². The van der Waals surface area contributed by atoms with Crippen molar-refractivity contribution in [2.45, 2.75) is 73.8 Å². The molecule has 0 bridgehead atoms. The molecule has 0 amide bonds. The van der Waals surface area contributed by atoms with Gasteiger partial charge in [0.15, 0.2) is 0 Å². The Hall–Kier alpha value is -0.413. The molecule has 2 unspecified atom stereocenters. The van der Waals surface area contributed by atoms with Crippen LogP contribution in [0.5, 0.6) is 0 Å². The predicted octanol–water partition coefficient (Wildman–Crippen LogP) is 2.43. The Morgan fingerprint density at radius 3 is 1.38 bits per heavy atom. The number of hydrogen-bond donors (Lipinski definition) is 0. The summed E-state index contributed by atoms with van der Waals surface area (Å²) in [5.74, 6) is 1.18. The third-order valence-electron chi connectivity index (χ3n) is 7.07. The van der Waals surface area contributed by atoms with Gasteiger partial charge in [-0.25, -0.2) is 0 Å². The van der Waals surface area contributed by atoms with Gasteiger partial charge in [0.1, 0.15) is 0 Å². The van der Waals surface area contributed by atoms with Gasteiger partial charge in [0, 0.05) is 0 Å². The summed E-state index contributed by atoms with van der Waals surface area (Å²) >= 11 is -2.11. The average Bonchev–Trinajstić information content (AvgIpc) is 3.18. The van der Waals surface area contributed by atoms with E-state index in [4.69, 9.17) is 0 Å². The van der Waals surface area contributed by atoms with Gasteiger partial charge in [-0.1, -0.05) is 0 Å². The summed E-state index contributed by atoms with van der Waals surface area (Å²) in [5.41, 5.74) is 12.6. The second kappa shape index (κ2) is 10.9. The molecule has 4 heteroatoms. The summed E-state index contributed by atoms with van der Waals surface area (Å²) in [6, 6.07) is 14.3. The first-order valence-electron chi connectivity index (χ1n) is 11.5. The first-order valence-corrected chi connectivity index (χ1v) is 23.5. The molecule has 0 aliphatic heterocycles. The van der Waals surface area contributed by atoms with E-state index in [-0.39, 0.29) is 30.3 Å². The van der Waals surface area contributed by atoms with E-state index in [1.807, 2.05) is 0 Å². The van der Waals surface area contributed by atoms with E-state index in [2.05, 4.69) is 103 Å². The molecule has 2 aromatic rings. The monoisotopic (exact) mass is 650 g/mol. The van der Waals surface area contributed by atoms with Gasteiger partial charge in [-0.05, 0) is 0 Å². The van der Waals surface area contributed by atoms with Crippen LogP contribution in [-0.4, -0.2) is 5.49 Å². The molecule has 4 rings (SSSR count). The Morgan fingerprint density at radius 2 is 1.06 bits per heavy atom. The Labute approximate surface area is 215 Å². The molecule has 2 aliphatic carbocycles. The summed E-state index contributed by atoms with van der Waals surface area (Å²) in [6.07, 6.45) is 5.12. The Bertz CT molecular complexity index is 1020. The van der Waals surface area contributed by atoms with Gasteiger partial charge in [0.2, 0.25) is 0 Å². The summed E-state index contributed by atoms with van der Waals surface area (Å²) < 4.78 is 1.52. The van der Waals surface area contributed by atoms with Crippen LogP contribution in [0.15, 0.2) is 47.5 Å². The van der Waals surface area contributed by atoms with Gasteiger partial charge >= 0.3 is 192 Å². The molecule has 2 aliphatic rings. The van der Waals surface area contributed by atoms with E-state index in [0.29, 0.717) is 11.8 Å². The number of benzene rings is 2. The van der Waals surface area contributed by atoms with Gasteiger partial charge in [-0.2, -0.15) is 0 Å². The van der Waals surface area contributed by atoms with E-state index < -0.39 is 20.1 Å². The second-order valence-electron chi connectivity index (χ2n) is 10.1. The molecular formula is C28H36Cl2HfSi. The molecule has 0 saturated carbocycles. The van der Waals surface area contributed by atoms with Crippen LogP contribution < -0.4 is 24.8 Å². The molecule has 2 atom stereocenters. The van der Waals surface area contributed by atoms with Crippen molar-refractivity contribution in [3.8, 4) is 0 Å². The zero-order valence-electron chi connectivity index (χ0n) is 20.7. The summed E-state index contributed by atoms with van der Waals surface area (Å²) in [5, 5.41) is 0. The van der Waals surface area contributed by atoms with Gasteiger partial charge in [0.05, 0.1) is 0 Å². The van der Waals surface area contributed by atoms with Crippen LogP contribution >= 0.6 is 0 Å². The average molecular weight is 650 g/mol. The molecule has 0 saturated heterocycles. The van der Waals surface area contributed by atoms with Crippen molar-refractivity contribution in [2.75, 3.05) is 0 Å². The SMILES string of the molecule is CC1=Cc2c(C(C)C)cccc2[CH]1[Hf+2]([CH]1C(C)=Cc2c(C(C)C)cccc21)=[Si](C)C.[Cl-].[Cl-]. The molecule has 2 aromatic carbocycles. The van der Waals surface area contributed by atoms with Crippen molar-refractivity contribution in [3.05, 3.63) is 80.9 Å². The molecule has 32 heavy (non-hydrogen) atoms. The van der Waals surface area contributed by atoms with Crippen molar-refractivity contribution in [1.29, 1.82) is 0 Å². The minimum Gasteiger partial charge on any atom is -1.00 e. The minimum absolute atomic E-state index is 0. The van der Waals surface area contributed by atoms with Crippen LogP contribution in [-0.2, 0) is 20.1 Å². The van der Waals surface area contributed by atoms with Crippen LogP contribution in [0.2, 0.25) is 13.1 Å². The van der Waals surface area contributed by atoms with Crippen molar-refractivity contribution < 1.29 is 44.9 Å². The van der Waals surface area contributed by atoms with E-state index in [9.17, 15) is 0 Å². The number of fused-ring (bicyclic) bond motifs is 2. The van der Waals surface area contributed by atoms with Crippen LogP contribution in [0.4, 0.5) is 0 Å². The van der Waals surface area contributed by atoms with Crippen LogP contribution in [0.1, 0.15) is 94.1 Å². The number of allylic oxidation sites excluding steroid dienone is 2. The van der Waals surface area contributed by atoms with Crippen molar-refractivity contribution in [2.24, 2.45) is 0 Å². The maximum Gasteiger partial charge on any atom is -1.00 e. The van der Waals surface area contributed by atoms with E-state index in [1.165, 1.54) is 0 Å². The first kappa shape index (κ1) is 27.8. The molecule has 0 N–H and O–H groups in total. The predicted molar refractivity (Wildman–Crippen MR) is 131 cm³/mol. The normalized spacial score (nSPS) is 18.2. The van der Waals surface area contributed by atoms with Gasteiger partial charge < -0.3 is 24.8 Å². The Balaban J connectivity index is 0.00000181. The molecule has 170 valence electrons. The van der Waals surface area contributed by atoms with Gasteiger partial charge in [0.25, 0.3) is 0 Å². The number of halogens is 2.